The molecule has 3 nitrogen and oxygen atoms in total. The van der Waals surface area contributed by atoms with E-state index in [1.807, 2.05) is 12.1 Å². The van der Waals surface area contributed by atoms with Crippen molar-refractivity contribution in [3.63, 3.8) is 0 Å². The summed E-state index contributed by atoms with van der Waals surface area (Å²) in [5, 5.41) is 3.01. The van der Waals surface area contributed by atoms with E-state index in [1.54, 1.807) is 0 Å². The molecule has 2 rings (SSSR count). The van der Waals surface area contributed by atoms with Crippen LogP contribution in [0.2, 0.25) is 0 Å². The molecule has 0 bridgehead atoms. The molecular formula is C12H17NO2. The number of amides is 1. The molecule has 82 valence electrons. The van der Waals surface area contributed by atoms with E-state index in [1.165, 1.54) is 0 Å². The molecule has 1 unspecified atom stereocenters. The molecule has 1 fully saturated rings. The second kappa shape index (κ2) is 3.72. The lowest BCUT2D eigenvalue weighted by molar-refractivity contribution is -0.119. The van der Waals surface area contributed by atoms with E-state index in [2.05, 4.69) is 19.2 Å². The van der Waals surface area contributed by atoms with Crippen molar-refractivity contribution in [3.8, 4) is 0 Å². The number of aryl methyl sites for hydroxylation is 1. The predicted octanol–water partition coefficient (Wildman–Crippen LogP) is 2.05. The Balaban J connectivity index is 2.05. The number of furan rings is 1. The van der Waals surface area contributed by atoms with Crippen LogP contribution in [0.3, 0.4) is 0 Å². The van der Waals surface area contributed by atoms with Gasteiger partial charge in [0, 0.05) is 24.8 Å². The van der Waals surface area contributed by atoms with E-state index in [-0.39, 0.29) is 11.4 Å². The third-order valence-corrected chi connectivity index (χ3v) is 2.98. The topological polar surface area (TPSA) is 42.2 Å². The van der Waals surface area contributed by atoms with Gasteiger partial charge in [-0.15, -0.1) is 0 Å². The van der Waals surface area contributed by atoms with Gasteiger partial charge in [-0.05, 0) is 25.5 Å². The first-order chi connectivity index (χ1) is 7.11. The lowest BCUT2D eigenvalue weighted by atomic mass is 9.95. The van der Waals surface area contributed by atoms with E-state index in [0.717, 1.165) is 30.8 Å². The molecule has 3 heteroatoms. The minimum absolute atomic E-state index is 0.111. The molecule has 1 atom stereocenters. The molecule has 15 heavy (non-hydrogen) atoms. The number of rotatable bonds is 3. The van der Waals surface area contributed by atoms with Crippen LogP contribution in [0.25, 0.3) is 0 Å². The molecule has 0 spiro atoms. The number of carbonyl (C=O) groups excluding carboxylic acids is 1. The Hall–Kier alpha value is -1.25. The second-order valence-corrected chi connectivity index (χ2v) is 4.51. The van der Waals surface area contributed by atoms with Gasteiger partial charge < -0.3 is 9.73 Å². The zero-order valence-corrected chi connectivity index (χ0v) is 9.30. The summed E-state index contributed by atoms with van der Waals surface area (Å²) in [6.07, 6.45) is 3.24. The van der Waals surface area contributed by atoms with E-state index >= 15 is 0 Å². The van der Waals surface area contributed by atoms with Crippen LogP contribution < -0.4 is 5.32 Å². The van der Waals surface area contributed by atoms with Gasteiger partial charge in [0.25, 0.3) is 0 Å². The van der Waals surface area contributed by atoms with Crippen molar-refractivity contribution in [2.75, 3.05) is 0 Å². The molecule has 1 saturated heterocycles. The fraction of sp³-hybridized carbons (Fsp3) is 0.583. The highest BCUT2D eigenvalue weighted by atomic mass is 16.3. The largest absolute Gasteiger partial charge is 0.466 e. The summed E-state index contributed by atoms with van der Waals surface area (Å²) in [4.78, 5) is 11.2. The maximum absolute atomic E-state index is 11.2. The second-order valence-electron chi connectivity index (χ2n) is 4.51. The fourth-order valence-corrected chi connectivity index (χ4v) is 2.08. The molecule has 2 heterocycles. The Morgan fingerprint density at radius 2 is 2.20 bits per heavy atom. The van der Waals surface area contributed by atoms with Crippen LogP contribution in [0, 0.1) is 0 Å². The van der Waals surface area contributed by atoms with Gasteiger partial charge in [-0.2, -0.15) is 0 Å². The lowest BCUT2D eigenvalue weighted by Crippen LogP contribution is -2.40. The average molecular weight is 207 g/mol. The summed E-state index contributed by atoms with van der Waals surface area (Å²) < 4.78 is 5.64. The van der Waals surface area contributed by atoms with Crippen LogP contribution in [0.1, 0.15) is 38.2 Å². The van der Waals surface area contributed by atoms with Crippen molar-refractivity contribution in [3.05, 3.63) is 23.7 Å². The van der Waals surface area contributed by atoms with Gasteiger partial charge >= 0.3 is 0 Å². The molecular weight excluding hydrogens is 190 g/mol. The van der Waals surface area contributed by atoms with Crippen LogP contribution in [0.5, 0.6) is 0 Å². The average Bonchev–Trinajstić information content (AvgIpc) is 2.74. The fourth-order valence-electron chi connectivity index (χ4n) is 2.08. The maximum Gasteiger partial charge on any atom is 0.220 e. The van der Waals surface area contributed by atoms with Crippen LogP contribution in [-0.2, 0) is 17.6 Å². The Morgan fingerprint density at radius 3 is 2.73 bits per heavy atom. The van der Waals surface area contributed by atoms with Crippen LogP contribution in [0.4, 0.5) is 0 Å². The lowest BCUT2D eigenvalue weighted by Gasteiger charge is -2.22. The smallest absolute Gasteiger partial charge is 0.220 e. The Kier molecular flexibility index (Phi) is 2.55. The maximum atomic E-state index is 11.2. The highest BCUT2D eigenvalue weighted by molar-refractivity contribution is 5.79. The molecule has 0 saturated carbocycles. The molecule has 1 aliphatic heterocycles. The highest BCUT2D eigenvalue weighted by Gasteiger charge is 2.33. The number of nitrogens with one attached hydrogen (secondary N) is 1. The van der Waals surface area contributed by atoms with Crippen molar-refractivity contribution in [2.45, 2.75) is 45.1 Å². The van der Waals surface area contributed by atoms with Crippen molar-refractivity contribution in [1.29, 1.82) is 0 Å². The summed E-state index contributed by atoms with van der Waals surface area (Å²) in [6.45, 7) is 4.15. The normalized spacial score (nSPS) is 25.6. The van der Waals surface area contributed by atoms with Gasteiger partial charge in [0.15, 0.2) is 0 Å². The summed E-state index contributed by atoms with van der Waals surface area (Å²) in [5.74, 6) is 2.13. The number of hydrogen-bond donors (Lipinski definition) is 1. The Morgan fingerprint density at radius 1 is 1.47 bits per heavy atom. The summed E-state index contributed by atoms with van der Waals surface area (Å²) in [7, 11) is 0. The molecule has 1 aromatic heterocycles. The zero-order valence-electron chi connectivity index (χ0n) is 9.30. The first-order valence-corrected chi connectivity index (χ1v) is 5.50. The van der Waals surface area contributed by atoms with Crippen molar-refractivity contribution < 1.29 is 9.21 Å². The number of hydrogen-bond acceptors (Lipinski definition) is 2. The van der Waals surface area contributed by atoms with Gasteiger partial charge in [0.05, 0.1) is 0 Å². The van der Waals surface area contributed by atoms with E-state index in [4.69, 9.17) is 4.42 Å². The van der Waals surface area contributed by atoms with Gasteiger partial charge in [-0.25, -0.2) is 0 Å². The standard InChI is InChI=1S/C12H17NO2/c1-3-9-4-5-10(15-9)8-12(2)7-6-11(14)13-12/h4-5H,3,6-8H2,1-2H3,(H,13,14). The first-order valence-electron chi connectivity index (χ1n) is 5.50. The van der Waals surface area contributed by atoms with Gasteiger partial charge in [0.1, 0.15) is 11.5 Å². The minimum Gasteiger partial charge on any atom is -0.466 e. The Labute approximate surface area is 89.9 Å². The third-order valence-electron chi connectivity index (χ3n) is 2.98. The first kappa shape index (κ1) is 10.3. The number of carbonyl (C=O) groups is 1. The van der Waals surface area contributed by atoms with Crippen LogP contribution in [0.15, 0.2) is 16.5 Å². The van der Waals surface area contributed by atoms with Crippen molar-refractivity contribution in [1.82, 2.24) is 5.32 Å². The summed E-state index contributed by atoms with van der Waals surface area (Å²) in [6, 6.07) is 4.02. The monoisotopic (exact) mass is 207 g/mol. The molecule has 0 aromatic carbocycles. The van der Waals surface area contributed by atoms with E-state index < -0.39 is 0 Å². The summed E-state index contributed by atoms with van der Waals surface area (Å²) in [5.41, 5.74) is -0.111. The van der Waals surface area contributed by atoms with Gasteiger partial charge in [-0.1, -0.05) is 6.92 Å². The predicted molar refractivity (Wildman–Crippen MR) is 57.6 cm³/mol. The SMILES string of the molecule is CCc1ccc(CC2(C)CCC(=O)N2)o1. The van der Waals surface area contributed by atoms with Crippen LogP contribution in [-0.4, -0.2) is 11.4 Å². The Bertz CT molecular complexity index is 369. The van der Waals surface area contributed by atoms with Crippen LogP contribution >= 0.6 is 0 Å². The molecule has 1 aliphatic rings. The van der Waals surface area contributed by atoms with Crippen molar-refractivity contribution in [2.24, 2.45) is 0 Å². The molecule has 1 aromatic rings. The van der Waals surface area contributed by atoms with E-state index in [0.29, 0.717) is 6.42 Å². The zero-order chi connectivity index (χ0) is 10.9. The molecule has 0 radical (unpaired) electrons. The van der Waals surface area contributed by atoms with Gasteiger partial charge in [-0.3, -0.25) is 4.79 Å². The molecule has 1 N–H and O–H groups in total. The quantitative estimate of drug-likeness (QED) is 0.824. The van der Waals surface area contributed by atoms with E-state index in [9.17, 15) is 4.79 Å². The third kappa shape index (κ3) is 2.22. The minimum atomic E-state index is -0.111. The van der Waals surface area contributed by atoms with Crippen molar-refractivity contribution >= 4 is 5.91 Å². The molecule has 0 aliphatic carbocycles. The highest BCUT2D eigenvalue weighted by Crippen LogP contribution is 2.25. The summed E-state index contributed by atoms with van der Waals surface area (Å²) >= 11 is 0. The molecule has 1 amide bonds. The van der Waals surface area contributed by atoms with Gasteiger partial charge in [0.2, 0.25) is 5.91 Å².